The van der Waals surface area contributed by atoms with Gasteiger partial charge in [-0.3, -0.25) is 4.79 Å². The number of rotatable bonds is 8. The van der Waals surface area contributed by atoms with E-state index in [0.717, 1.165) is 41.0 Å². The van der Waals surface area contributed by atoms with Gasteiger partial charge in [-0.1, -0.05) is 49.4 Å². The Morgan fingerprint density at radius 2 is 1.89 bits per heavy atom. The van der Waals surface area contributed by atoms with Crippen molar-refractivity contribution < 1.29 is 14.7 Å². The van der Waals surface area contributed by atoms with Gasteiger partial charge < -0.3 is 15.7 Å². The van der Waals surface area contributed by atoms with Crippen molar-refractivity contribution in [1.82, 2.24) is 14.8 Å². The molecule has 0 radical (unpaired) electrons. The number of anilines is 2. The third kappa shape index (κ3) is 5.09. The summed E-state index contributed by atoms with van der Waals surface area (Å²) in [5.74, 6) is 0.205. The molecule has 35 heavy (non-hydrogen) atoms. The highest BCUT2D eigenvalue weighted by Crippen LogP contribution is 2.37. The maximum atomic E-state index is 13.7. The second-order valence-corrected chi connectivity index (χ2v) is 9.62. The van der Waals surface area contributed by atoms with Gasteiger partial charge in [-0.05, 0) is 62.1 Å². The summed E-state index contributed by atoms with van der Waals surface area (Å²) in [7, 11) is 0. The number of thioether (sulfide) groups is 1. The Balaban J connectivity index is 1.75. The van der Waals surface area contributed by atoms with Crippen LogP contribution >= 0.6 is 11.8 Å². The van der Waals surface area contributed by atoms with Crippen molar-refractivity contribution in [3.05, 3.63) is 76.0 Å². The SMILES string of the molecule is CCCCSc1nc2n(n1)C(c1ccc(C(=O)O)cc1)C(C(=O)Nc1cccc(C)c1C)=C(C)N2. The minimum atomic E-state index is -1.00. The molecule has 9 heteroatoms. The molecule has 1 unspecified atom stereocenters. The molecular weight excluding hydrogens is 462 g/mol. The molecule has 0 bridgehead atoms. The fourth-order valence-corrected chi connectivity index (χ4v) is 4.90. The van der Waals surface area contributed by atoms with Gasteiger partial charge in [0.2, 0.25) is 11.1 Å². The number of carboxylic acid groups (broad SMARTS) is 1. The quantitative estimate of drug-likeness (QED) is 0.285. The number of aromatic carboxylic acids is 1. The summed E-state index contributed by atoms with van der Waals surface area (Å²) in [5, 5.41) is 21.0. The molecule has 1 aliphatic rings. The van der Waals surface area contributed by atoms with Crippen LogP contribution in [0.1, 0.15) is 59.8 Å². The Labute approximate surface area is 208 Å². The van der Waals surface area contributed by atoms with Crippen LogP contribution in [0.15, 0.2) is 58.9 Å². The number of nitrogens with one attached hydrogen (secondary N) is 2. The zero-order valence-corrected chi connectivity index (χ0v) is 21.1. The van der Waals surface area contributed by atoms with Gasteiger partial charge in [0.05, 0.1) is 11.1 Å². The lowest BCUT2D eigenvalue weighted by atomic mass is 9.94. The molecule has 2 heterocycles. The molecule has 3 N–H and O–H groups in total. The molecule has 1 amide bonds. The molecule has 4 rings (SSSR count). The van der Waals surface area contributed by atoms with Crippen LogP contribution in [0.4, 0.5) is 11.6 Å². The second kappa shape index (κ2) is 10.4. The van der Waals surface area contributed by atoms with Crippen LogP contribution in [0.3, 0.4) is 0 Å². The maximum Gasteiger partial charge on any atom is 0.335 e. The normalized spacial score (nSPS) is 14.9. The number of nitrogens with zero attached hydrogens (tertiary/aromatic N) is 3. The topological polar surface area (TPSA) is 109 Å². The minimum absolute atomic E-state index is 0.180. The van der Waals surface area contributed by atoms with Crippen molar-refractivity contribution in [3.8, 4) is 0 Å². The van der Waals surface area contributed by atoms with Crippen molar-refractivity contribution in [2.24, 2.45) is 0 Å². The maximum absolute atomic E-state index is 13.7. The van der Waals surface area contributed by atoms with E-state index in [9.17, 15) is 14.7 Å². The van der Waals surface area contributed by atoms with Gasteiger partial charge in [0, 0.05) is 17.1 Å². The van der Waals surface area contributed by atoms with Gasteiger partial charge in [-0.2, -0.15) is 4.98 Å². The second-order valence-electron chi connectivity index (χ2n) is 8.56. The van der Waals surface area contributed by atoms with Crippen LogP contribution < -0.4 is 10.6 Å². The summed E-state index contributed by atoms with van der Waals surface area (Å²) in [6.07, 6.45) is 2.14. The Kier molecular flexibility index (Phi) is 7.25. The number of benzene rings is 2. The molecule has 2 aromatic carbocycles. The Morgan fingerprint density at radius 1 is 1.14 bits per heavy atom. The smallest absolute Gasteiger partial charge is 0.335 e. The summed E-state index contributed by atoms with van der Waals surface area (Å²) in [5.41, 5.74) is 4.93. The van der Waals surface area contributed by atoms with E-state index < -0.39 is 12.0 Å². The fourth-order valence-electron chi connectivity index (χ4n) is 3.99. The largest absolute Gasteiger partial charge is 0.478 e. The minimum Gasteiger partial charge on any atom is -0.478 e. The van der Waals surface area contributed by atoms with Crippen molar-refractivity contribution in [1.29, 1.82) is 0 Å². The number of amides is 1. The lowest BCUT2D eigenvalue weighted by Gasteiger charge is -2.29. The number of carboxylic acids is 1. The number of hydrogen-bond donors (Lipinski definition) is 3. The number of aromatic nitrogens is 3. The molecule has 1 aromatic heterocycles. The zero-order valence-electron chi connectivity index (χ0n) is 20.3. The lowest BCUT2D eigenvalue weighted by molar-refractivity contribution is -0.113. The molecular formula is C26H29N5O3S. The van der Waals surface area contributed by atoms with Gasteiger partial charge >= 0.3 is 5.97 Å². The first-order chi connectivity index (χ1) is 16.8. The first kappa shape index (κ1) is 24.5. The summed E-state index contributed by atoms with van der Waals surface area (Å²) in [6.45, 7) is 7.96. The van der Waals surface area contributed by atoms with Crippen LogP contribution in [-0.4, -0.2) is 37.5 Å². The average molecular weight is 492 g/mol. The molecule has 0 spiro atoms. The number of allylic oxidation sites excluding steroid dienone is 1. The van der Waals surface area contributed by atoms with E-state index in [0.29, 0.717) is 22.4 Å². The molecule has 0 aliphatic carbocycles. The number of hydrogen-bond acceptors (Lipinski definition) is 6. The highest BCUT2D eigenvalue weighted by Gasteiger charge is 2.34. The van der Waals surface area contributed by atoms with Crippen molar-refractivity contribution in [2.45, 2.75) is 51.7 Å². The first-order valence-corrected chi connectivity index (χ1v) is 12.6. The number of carbonyl (C=O) groups excluding carboxylic acids is 1. The van der Waals surface area contributed by atoms with E-state index in [-0.39, 0.29) is 11.5 Å². The van der Waals surface area contributed by atoms with Crippen molar-refractivity contribution in [2.75, 3.05) is 16.4 Å². The summed E-state index contributed by atoms with van der Waals surface area (Å²) in [4.78, 5) is 29.7. The number of carbonyl (C=O) groups is 2. The Hall–Kier alpha value is -3.59. The monoisotopic (exact) mass is 491 g/mol. The number of aryl methyl sites for hydroxylation is 1. The van der Waals surface area contributed by atoms with E-state index >= 15 is 0 Å². The molecule has 182 valence electrons. The van der Waals surface area contributed by atoms with E-state index in [4.69, 9.17) is 5.10 Å². The van der Waals surface area contributed by atoms with Crippen LogP contribution in [-0.2, 0) is 4.79 Å². The predicted octanol–water partition coefficient (Wildman–Crippen LogP) is 5.41. The summed E-state index contributed by atoms with van der Waals surface area (Å²) in [6, 6.07) is 11.8. The number of unbranched alkanes of at least 4 members (excludes halogenated alkanes) is 1. The Morgan fingerprint density at radius 3 is 2.57 bits per heavy atom. The third-order valence-corrected chi connectivity index (χ3v) is 7.06. The van der Waals surface area contributed by atoms with Crippen LogP contribution in [0.2, 0.25) is 0 Å². The summed E-state index contributed by atoms with van der Waals surface area (Å²) < 4.78 is 1.72. The molecule has 1 atom stereocenters. The third-order valence-electron chi connectivity index (χ3n) is 6.13. The average Bonchev–Trinajstić information content (AvgIpc) is 3.23. The first-order valence-electron chi connectivity index (χ1n) is 11.6. The van der Waals surface area contributed by atoms with Gasteiger partial charge in [0.25, 0.3) is 5.91 Å². The Bertz CT molecular complexity index is 1300. The van der Waals surface area contributed by atoms with E-state index in [2.05, 4.69) is 22.5 Å². The fraction of sp³-hybridized carbons (Fsp3) is 0.308. The molecule has 0 fully saturated rings. The van der Waals surface area contributed by atoms with Crippen LogP contribution in [0.25, 0.3) is 0 Å². The molecule has 3 aromatic rings. The van der Waals surface area contributed by atoms with E-state index in [1.165, 1.54) is 0 Å². The van der Waals surface area contributed by atoms with Crippen molar-refractivity contribution in [3.63, 3.8) is 0 Å². The van der Waals surface area contributed by atoms with Gasteiger partial charge in [-0.15, -0.1) is 5.10 Å². The molecule has 0 saturated heterocycles. The molecule has 0 saturated carbocycles. The van der Waals surface area contributed by atoms with E-state index in [1.54, 1.807) is 40.7 Å². The molecule has 1 aliphatic heterocycles. The van der Waals surface area contributed by atoms with Gasteiger partial charge in [0.15, 0.2) is 0 Å². The highest BCUT2D eigenvalue weighted by atomic mass is 32.2. The molecule has 8 nitrogen and oxygen atoms in total. The van der Waals surface area contributed by atoms with Gasteiger partial charge in [-0.25, -0.2) is 9.48 Å². The van der Waals surface area contributed by atoms with E-state index in [1.807, 2.05) is 39.0 Å². The standard InChI is InChI=1S/C26H29N5O3S/c1-5-6-14-35-26-29-25-27-17(4)21(23(32)28-20-9-7-8-15(2)16(20)3)22(31(25)30-26)18-10-12-19(13-11-18)24(33)34/h7-13,22H,5-6,14H2,1-4H3,(H,28,32)(H,33,34)(H,27,29,30). The summed E-state index contributed by atoms with van der Waals surface area (Å²) >= 11 is 1.58. The zero-order chi connectivity index (χ0) is 25.1. The van der Waals surface area contributed by atoms with Crippen LogP contribution in [0.5, 0.6) is 0 Å². The lowest BCUT2D eigenvalue weighted by Crippen LogP contribution is -2.31. The van der Waals surface area contributed by atoms with Crippen molar-refractivity contribution >= 4 is 35.3 Å². The van der Waals surface area contributed by atoms with Crippen LogP contribution in [0, 0.1) is 13.8 Å². The highest BCUT2D eigenvalue weighted by molar-refractivity contribution is 7.99. The van der Waals surface area contributed by atoms with Gasteiger partial charge in [0.1, 0.15) is 6.04 Å². The number of fused-ring (bicyclic) bond motifs is 1. The predicted molar refractivity (Wildman–Crippen MR) is 138 cm³/mol.